The van der Waals surface area contributed by atoms with Gasteiger partial charge in [-0.1, -0.05) is 13.8 Å². The lowest BCUT2D eigenvalue weighted by atomic mass is 10.1. The Bertz CT molecular complexity index is 645. The molecular formula is C14H20N2O5S. The summed E-state index contributed by atoms with van der Waals surface area (Å²) in [6.45, 7) is 4.57. The molecular weight excluding hydrogens is 308 g/mol. The summed E-state index contributed by atoms with van der Waals surface area (Å²) >= 11 is 0. The summed E-state index contributed by atoms with van der Waals surface area (Å²) in [7, 11) is -3.86. The van der Waals surface area contributed by atoms with Gasteiger partial charge < -0.3 is 9.47 Å². The second kappa shape index (κ2) is 6.97. The third-order valence-corrected chi connectivity index (χ3v) is 4.64. The van der Waals surface area contributed by atoms with Crippen molar-refractivity contribution in [3.8, 4) is 11.5 Å². The van der Waals surface area contributed by atoms with Gasteiger partial charge in [0.15, 0.2) is 11.5 Å². The molecule has 8 heteroatoms. The zero-order valence-electron chi connectivity index (χ0n) is 12.6. The summed E-state index contributed by atoms with van der Waals surface area (Å²) in [5.41, 5.74) is 2.22. The number of carbonyl (C=O) groups is 1. The second-order valence-electron chi connectivity index (χ2n) is 5.06. The fourth-order valence-electron chi connectivity index (χ4n) is 1.80. The number of hydrogen-bond acceptors (Lipinski definition) is 5. The van der Waals surface area contributed by atoms with Crippen LogP contribution in [0.3, 0.4) is 0 Å². The summed E-state index contributed by atoms with van der Waals surface area (Å²) in [6.07, 6.45) is 1.36. The van der Waals surface area contributed by atoms with Crippen LogP contribution in [-0.4, -0.2) is 27.5 Å². The second-order valence-corrected chi connectivity index (χ2v) is 6.75. The van der Waals surface area contributed by atoms with Gasteiger partial charge in [0.05, 0.1) is 18.1 Å². The largest absolute Gasteiger partial charge is 0.490 e. The van der Waals surface area contributed by atoms with Crippen LogP contribution in [0, 0.1) is 5.92 Å². The quantitative estimate of drug-likeness (QED) is 0.792. The molecule has 0 unspecified atom stereocenters. The van der Waals surface area contributed by atoms with Gasteiger partial charge in [0.1, 0.15) is 0 Å². The number of amides is 1. The Labute approximate surface area is 130 Å². The van der Waals surface area contributed by atoms with Crippen molar-refractivity contribution in [1.29, 1.82) is 0 Å². The molecule has 0 radical (unpaired) electrons. The van der Waals surface area contributed by atoms with E-state index >= 15 is 0 Å². The average Bonchev–Trinajstić information content (AvgIpc) is 2.76. The lowest BCUT2D eigenvalue weighted by Crippen LogP contribution is -2.43. The third kappa shape index (κ3) is 3.89. The fourth-order valence-corrected chi connectivity index (χ4v) is 2.66. The smallest absolute Gasteiger partial charge is 0.257 e. The minimum atomic E-state index is -3.86. The molecule has 0 aromatic heterocycles. The molecule has 7 nitrogen and oxygen atoms in total. The SMILES string of the molecule is CC[C@H](C)C(=O)NNS(=O)(=O)c1ccc2c(c1)OCCCO2. The van der Waals surface area contributed by atoms with E-state index < -0.39 is 10.0 Å². The molecule has 0 aliphatic carbocycles. The molecule has 1 aliphatic heterocycles. The van der Waals surface area contributed by atoms with Crippen LogP contribution < -0.4 is 19.7 Å². The summed E-state index contributed by atoms with van der Waals surface area (Å²) < 4.78 is 35.3. The topological polar surface area (TPSA) is 93.7 Å². The number of benzene rings is 1. The highest BCUT2D eigenvalue weighted by molar-refractivity contribution is 7.89. The third-order valence-electron chi connectivity index (χ3n) is 3.40. The van der Waals surface area contributed by atoms with Gasteiger partial charge in [-0.2, -0.15) is 0 Å². The van der Waals surface area contributed by atoms with E-state index in [4.69, 9.17) is 9.47 Å². The first-order chi connectivity index (χ1) is 10.4. The van der Waals surface area contributed by atoms with Gasteiger partial charge in [-0.3, -0.25) is 10.2 Å². The highest BCUT2D eigenvalue weighted by Crippen LogP contribution is 2.31. The molecule has 2 rings (SSSR count). The number of hydrazine groups is 1. The van der Waals surface area contributed by atoms with Crippen molar-refractivity contribution in [2.75, 3.05) is 13.2 Å². The molecule has 0 fully saturated rings. The Kier molecular flexibility index (Phi) is 5.25. The Hall–Kier alpha value is -1.80. The van der Waals surface area contributed by atoms with Crippen molar-refractivity contribution in [3.05, 3.63) is 18.2 Å². The number of ether oxygens (including phenoxy) is 2. The average molecular weight is 328 g/mol. The van der Waals surface area contributed by atoms with Crippen molar-refractivity contribution in [2.24, 2.45) is 5.92 Å². The summed E-state index contributed by atoms with van der Waals surface area (Å²) in [4.78, 5) is 13.7. The molecule has 0 saturated carbocycles. The van der Waals surface area contributed by atoms with E-state index in [1.165, 1.54) is 12.1 Å². The standard InChI is InChI=1S/C14H20N2O5S/c1-3-10(2)14(17)15-16-22(18,19)11-5-6-12-13(9-11)21-8-4-7-20-12/h5-6,9-10,16H,3-4,7-8H2,1-2H3,(H,15,17)/t10-/m0/s1. The Morgan fingerprint density at radius 1 is 1.27 bits per heavy atom. The van der Waals surface area contributed by atoms with Crippen molar-refractivity contribution >= 4 is 15.9 Å². The maximum absolute atomic E-state index is 12.2. The number of sulfonamides is 1. The van der Waals surface area contributed by atoms with Crippen molar-refractivity contribution in [2.45, 2.75) is 31.6 Å². The van der Waals surface area contributed by atoms with Gasteiger partial charge in [0, 0.05) is 18.4 Å². The lowest BCUT2D eigenvalue weighted by Gasteiger charge is -2.13. The molecule has 0 bridgehead atoms. The highest BCUT2D eigenvalue weighted by atomic mass is 32.2. The molecule has 1 amide bonds. The van der Waals surface area contributed by atoms with Crippen LogP contribution in [0.2, 0.25) is 0 Å². The molecule has 122 valence electrons. The number of carbonyl (C=O) groups excluding carboxylic acids is 1. The number of fused-ring (bicyclic) bond motifs is 1. The zero-order chi connectivity index (χ0) is 16.2. The number of rotatable bonds is 5. The predicted octanol–water partition coefficient (Wildman–Crippen LogP) is 1.20. The van der Waals surface area contributed by atoms with Crippen molar-refractivity contribution in [1.82, 2.24) is 10.3 Å². The Morgan fingerprint density at radius 2 is 1.95 bits per heavy atom. The van der Waals surface area contributed by atoms with E-state index in [0.717, 1.165) is 6.42 Å². The highest BCUT2D eigenvalue weighted by Gasteiger charge is 2.20. The van der Waals surface area contributed by atoms with E-state index in [1.807, 2.05) is 6.92 Å². The van der Waals surface area contributed by atoms with Crippen LogP contribution in [0.1, 0.15) is 26.7 Å². The first-order valence-corrected chi connectivity index (χ1v) is 8.63. The molecule has 0 saturated heterocycles. The first-order valence-electron chi connectivity index (χ1n) is 7.15. The summed E-state index contributed by atoms with van der Waals surface area (Å²) in [5.74, 6) is 0.251. The molecule has 2 N–H and O–H groups in total. The Balaban J connectivity index is 2.12. The van der Waals surface area contributed by atoms with Gasteiger partial charge in [-0.15, -0.1) is 4.83 Å². The zero-order valence-corrected chi connectivity index (χ0v) is 13.4. The predicted molar refractivity (Wildman–Crippen MR) is 80.0 cm³/mol. The van der Waals surface area contributed by atoms with Crippen LogP contribution >= 0.6 is 0 Å². The van der Waals surface area contributed by atoms with E-state index in [9.17, 15) is 13.2 Å². The maximum Gasteiger partial charge on any atom is 0.257 e. The van der Waals surface area contributed by atoms with E-state index in [1.54, 1.807) is 13.0 Å². The van der Waals surface area contributed by atoms with Crippen LogP contribution in [0.5, 0.6) is 11.5 Å². The molecule has 22 heavy (non-hydrogen) atoms. The minimum absolute atomic E-state index is 0.00111. The van der Waals surface area contributed by atoms with Crippen LogP contribution in [-0.2, 0) is 14.8 Å². The van der Waals surface area contributed by atoms with Crippen molar-refractivity contribution in [3.63, 3.8) is 0 Å². The van der Waals surface area contributed by atoms with E-state index in [-0.39, 0.29) is 16.7 Å². The van der Waals surface area contributed by atoms with Crippen molar-refractivity contribution < 1.29 is 22.7 Å². The normalized spacial score (nSPS) is 15.7. The lowest BCUT2D eigenvalue weighted by molar-refractivity contribution is -0.125. The molecule has 1 atom stereocenters. The van der Waals surface area contributed by atoms with Gasteiger partial charge in [0.2, 0.25) is 5.91 Å². The van der Waals surface area contributed by atoms with Crippen LogP contribution in [0.4, 0.5) is 0 Å². The fraction of sp³-hybridized carbons (Fsp3) is 0.500. The van der Waals surface area contributed by atoms with Gasteiger partial charge in [-0.05, 0) is 18.6 Å². The number of nitrogens with one attached hydrogen (secondary N) is 2. The maximum atomic E-state index is 12.2. The van der Waals surface area contributed by atoms with E-state index in [0.29, 0.717) is 31.1 Å². The van der Waals surface area contributed by atoms with Gasteiger partial charge >= 0.3 is 0 Å². The minimum Gasteiger partial charge on any atom is -0.490 e. The molecule has 1 aromatic carbocycles. The monoisotopic (exact) mass is 328 g/mol. The molecule has 0 spiro atoms. The molecule has 1 aromatic rings. The summed E-state index contributed by atoms with van der Waals surface area (Å²) in [6, 6.07) is 4.34. The number of hydrogen-bond donors (Lipinski definition) is 2. The summed E-state index contributed by atoms with van der Waals surface area (Å²) in [5, 5.41) is 0. The molecule has 1 aliphatic rings. The Morgan fingerprint density at radius 3 is 2.64 bits per heavy atom. The van der Waals surface area contributed by atoms with Gasteiger partial charge in [0.25, 0.3) is 10.0 Å². The first kappa shape index (κ1) is 16.6. The van der Waals surface area contributed by atoms with E-state index in [2.05, 4.69) is 10.3 Å². The molecule has 1 heterocycles. The van der Waals surface area contributed by atoms with Gasteiger partial charge in [-0.25, -0.2) is 8.42 Å². The van der Waals surface area contributed by atoms with Crippen LogP contribution in [0.25, 0.3) is 0 Å². The van der Waals surface area contributed by atoms with Crippen LogP contribution in [0.15, 0.2) is 23.1 Å².